The Bertz CT molecular complexity index is 529. The largest absolute Gasteiger partial charge is 0.494 e. The lowest BCUT2D eigenvalue weighted by Gasteiger charge is -2.11. The number of methoxy groups -OCH3 is 1. The van der Waals surface area contributed by atoms with Crippen molar-refractivity contribution >= 4 is 5.69 Å². The molecule has 0 aliphatic rings. The van der Waals surface area contributed by atoms with Gasteiger partial charge in [0.15, 0.2) is 11.6 Å². The van der Waals surface area contributed by atoms with E-state index in [9.17, 15) is 4.39 Å². The number of nitrogens with two attached hydrogens (primary N) is 1. The van der Waals surface area contributed by atoms with Crippen molar-refractivity contribution in [1.29, 1.82) is 0 Å². The van der Waals surface area contributed by atoms with Gasteiger partial charge in [0.2, 0.25) is 0 Å². The molecule has 0 bridgehead atoms. The minimum absolute atomic E-state index is 0.118. The van der Waals surface area contributed by atoms with Crippen molar-refractivity contribution in [2.45, 2.75) is 6.61 Å². The average molecular weight is 247 g/mol. The topological polar surface area (TPSA) is 44.5 Å². The van der Waals surface area contributed by atoms with Gasteiger partial charge in [-0.1, -0.05) is 30.3 Å². The van der Waals surface area contributed by atoms with Gasteiger partial charge in [-0.2, -0.15) is 0 Å². The quantitative estimate of drug-likeness (QED) is 0.845. The maximum Gasteiger partial charge on any atom is 0.167 e. The van der Waals surface area contributed by atoms with Gasteiger partial charge in [-0.05, 0) is 5.56 Å². The molecule has 2 rings (SSSR count). The van der Waals surface area contributed by atoms with Crippen LogP contribution in [-0.2, 0) is 6.61 Å². The Morgan fingerprint density at radius 3 is 2.50 bits per heavy atom. The molecule has 0 saturated carbocycles. The second-order valence-corrected chi connectivity index (χ2v) is 3.80. The van der Waals surface area contributed by atoms with Gasteiger partial charge < -0.3 is 15.2 Å². The summed E-state index contributed by atoms with van der Waals surface area (Å²) < 4.78 is 23.8. The highest BCUT2D eigenvalue weighted by molar-refractivity contribution is 5.56. The Kier molecular flexibility index (Phi) is 3.67. The Balaban J connectivity index is 2.14. The predicted molar refractivity (Wildman–Crippen MR) is 68.1 cm³/mol. The zero-order chi connectivity index (χ0) is 13.0. The van der Waals surface area contributed by atoms with Crippen molar-refractivity contribution in [2.24, 2.45) is 0 Å². The molecule has 3 nitrogen and oxygen atoms in total. The molecule has 0 amide bonds. The number of nitrogen functional groups attached to an aromatic ring is 1. The summed E-state index contributed by atoms with van der Waals surface area (Å²) in [7, 11) is 1.40. The van der Waals surface area contributed by atoms with Crippen molar-refractivity contribution in [2.75, 3.05) is 12.8 Å². The minimum atomic E-state index is -0.498. The molecule has 2 aromatic rings. The fraction of sp³-hybridized carbons (Fsp3) is 0.143. The van der Waals surface area contributed by atoms with E-state index in [-0.39, 0.29) is 11.4 Å². The Morgan fingerprint density at radius 1 is 1.11 bits per heavy atom. The molecule has 0 unspecified atom stereocenters. The maximum absolute atomic E-state index is 13.3. The lowest BCUT2D eigenvalue weighted by molar-refractivity contribution is 0.303. The van der Waals surface area contributed by atoms with E-state index in [2.05, 4.69) is 0 Å². The number of rotatable bonds is 4. The van der Waals surface area contributed by atoms with Crippen LogP contribution >= 0.6 is 0 Å². The summed E-state index contributed by atoms with van der Waals surface area (Å²) in [5.41, 5.74) is 6.96. The Labute approximate surface area is 105 Å². The monoisotopic (exact) mass is 247 g/mol. The van der Waals surface area contributed by atoms with E-state index >= 15 is 0 Å². The Morgan fingerprint density at radius 2 is 1.83 bits per heavy atom. The molecule has 2 N–H and O–H groups in total. The number of benzene rings is 2. The first-order valence-electron chi connectivity index (χ1n) is 5.50. The van der Waals surface area contributed by atoms with E-state index in [0.717, 1.165) is 5.56 Å². The summed E-state index contributed by atoms with van der Waals surface area (Å²) in [5.74, 6) is 0.0337. The van der Waals surface area contributed by atoms with Gasteiger partial charge in [0.1, 0.15) is 12.4 Å². The molecule has 0 aliphatic heterocycles. The first-order valence-corrected chi connectivity index (χ1v) is 5.50. The second kappa shape index (κ2) is 5.40. The van der Waals surface area contributed by atoms with Crippen molar-refractivity contribution < 1.29 is 13.9 Å². The number of halogens is 1. The molecule has 18 heavy (non-hydrogen) atoms. The molecular weight excluding hydrogens is 233 g/mol. The summed E-state index contributed by atoms with van der Waals surface area (Å²) in [6.07, 6.45) is 0. The zero-order valence-corrected chi connectivity index (χ0v) is 10.0. The minimum Gasteiger partial charge on any atom is -0.494 e. The number of anilines is 1. The fourth-order valence-electron chi connectivity index (χ4n) is 1.57. The average Bonchev–Trinajstić information content (AvgIpc) is 2.39. The molecular formula is C14H14FNO2. The summed E-state index contributed by atoms with van der Waals surface area (Å²) in [6.45, 7) is 0.375. The van der Waals surface area contributed by atoms with Crippen LogP contribution in [0.4, 0.5) is 10.1 Å². The van der Waals surface area contributed by atoms with Crippen LogP contribution in [0.15, 0.2) is 42.5 Å². The molecule has 2 aromatic carbocycles. The van der Waals surface area contributed by atoms with Crippen molar-refractivity contribution in [3.05, 3.63) is 53.8 Å². The summed E-state index contributed by atoms with van der Waals surface area (Å²) in [4.78, 5) is 0. The fourth-order valence-corrected chi connectivity index (χ4v) is 1.57. The molecule has 0 aromatic heterocycles. The third-order valence-corrected chi connectivity index (χ3v) is 2.52. The third kappa shape index (κ3) is 2.71. The van der Waals surface area contributed by atoms with Gasteiger partial charge in [0, 0.05) is 12.1 Å². The van der Waals surface area contributed by atoms with Crippen molar-refractivity contribution in [3.8, 4) is 11.5 Å². The van der Waals surface area contributed by atoms with E-state index in [4.69, 9.17) is 15.2 Å². The molecule has 0 aliphatic carbocycles. The standard InChI is InChI=1S/C14H14FNO2/c1-17-13-8-14(12(16)7-11(13)15)18-9-10-5-3-2-4-6-10/h2-8H,9,16H2,1H3. The smallest absolute Gasteiger partial charge is 0.167 e. The SMILES string of the molecule is COc1cc(OCc2ccccc2)c(N)cc1F. The van der Waals surface area contributed by atoms with Crippen molar-refractivity contribution in [1.82, 2.24) is 0 Å². The third-order valence-electron chi connectivity index (χ3n) is 2.52. The highest BCUT2D eigenvalue weighted by Crippen LogP contribution is 2.30. The van der Waals surface area contributed by atoms with E-state index in [1.807, 2.05) is 30.3 Å². The number of hydrogen-bond donors (Lipinski definition) is 1. The van der Waals surface area contributed by atoms with Gasteiger partial charge in [0.25, 0.3) is 0 Å². The molecule has 0 radical (unpaired) electrons. The molecule has 0 atom stereocenters. The molecule has 0 fully saturated rings. The van der Waals surface area contributed by atoms with E-state index in [1.165, 1.54) is 19.2 Å². The molecule has 0 saturated heterocycles. The van der Waals surface area contributed by atoms with E-state index in [0.29, 0.717) is 12.4 Å². The first-order chi connectivity index (χ1) is 8.70. The van der Waals surface area contributed by atoms with Crippen LogP contribution in [0.5, 0.6) is 11.5 Å². The van der Waals surface area contributed by atoms with Gasteiger partial charge in [-0.25, -0.2) is 4.39 Å². The maximum atomic E-state index is 13.3. The molecule has 94 valence electrons. The first kappa shape index (κ1) is 12.2. The molecule has 0 spiro atoms. The van der Waals surface area contributed by atoms with Crippen molar-refractivity contribution in [3.63, 3.8) is 0 Å². The summed E-state index contributed by atoms with van der Waals surface area (Å²) >= 11 is 0. The van der Waals surface area contributed by atoms with E-state index in [1.54, 1.807) is 0 Å². The number of ether oxygens (including phenoxy) is 2. The lowest BCUT2D eigenvalue weighted by atomic mass is 10.2. The van der Waals surface area contributed by atoms with Gasteiger partial charge >= 0.3 is 0 Å². The highest BCUT2D eigenvalue weighted by Gasteiger charge is 2.09. The van der Waals surface area contributed by atoms with Gasteiger partial charge in [0.05, 0.1) is 12.8 Å². The summed E-state index contributed by atoms with van der Waals surface area (Å²) in [6, 6.07) is 12.3. The van der Waals surface area contributed by atoms with Crippen LogP contribution in [0.1, 0.15) is 5.56 Å². The molecule has 0 heterocycles. The number of hydrogen-bond acceptors (Lipinski definition) is 3. The van der Waals surface area contributed by atoms with Gasteiger partial charge in [-0.15, -0.1) is 0 Å². The van der Waals surface area contributed by atoms with Crippen LogP contribution in [0.3, 0.4) is 0 Å². The van der Waals surface area contributed by atoms with Crippen LogP contribution in [-0.4, -0.2) is 7.11 Å². The zero-order valence-electron chi connectivity index (χ0n) is 10.0. The second-order valence-electron chi connectivity index (χ2n) is 3.80. The highest BCUT2D eigenvalue weighted by atomic mass is 19.1. The van der Waals surface area contributed by atoms with Crippen LogP contribution in [0.25, 0.3) is 0 Å². The van der Waals surface area contributed by atoms with Crippen LogP contribution < -0.4 is 15.2 Å². The van der Waals surface area contributed by atoms with Crippen LogP contribution in [0, 0.1) is 5.82 Å². The molecule has 4 heteroatoms. The van der Waals surface area contributed by atoms with E-state index < -0.39 is 5.82 Å². The summed E-state index contributed by atoms with van der Waals surface area (Å²) in [5, 5.41) is 0. The Hall–Kier alpha value is -2.23. The van der Waals surface area contributed by atoms with Crippen LogP contribution in [0.2, 0.25) is 0 Å². The van der Waals surface area contributed by atoms with Gasteiger partial charge in [-0.3, -0.25) is 0 Å². The predicted octanol–water partition coefficient (Wildman–Crippen LogP) is 3.00. The lowest BCUT2D eigenvalue weighted by Crippen LogP contribution is -2.00. The normalized spacial score (nSPS) is 10.1.